The molecule has 12 aromatic rings. The minimum atomic E-state index is -0.274. The first-order chi connectivity index (χ1) is 37.3. The molecule has 12 aromatic carbocycles. The van der Waals surface area contributed by atoms with Crippen molar-refractivity contribution in [1.29, 1.82) is 0 Å². The molecule has 0 aromatic heterocycles. The molecule has 0 N–H and O–H groups in total. The fraction of sp³-hybridized carbons (Fsp3) is 0.0667. The maximum atomic E-state index is 2.45. The Morgan fingerprint density at radius 2 is 0.750 bits per heavy atom. The lowest BCUT2D eigenvalue weighted by atomic mass is 9.74. The molecule has 360 valence electrons. The van der Waals surface area contributed by atoms with E-state index in [1.165, 1.54) is 111 Å². The second-order valence-corrected chi connectivity index (χ2v) is 21.3. The summed E-state index contributed by atoms with van der Waals surface area (Å²) in [6.45, 7) is 7.15. The quantitative estimate of drug-likeness (QED) is 0.139. The van der Waals surface area contributed by atoms with E-state index in [-0.39, 0.29) is 10.8 Å². The van der Waals surface area contributed by atoms with E-state index < -0.39 is 0 Å². The summed E-state index contributed by atoms with van der Waals surface area (Å²) in [5.74, 6) is 0. The van der Waals surface area contributed by atoms with Crippen LogP contribution in [-0.2, 0) is 10.8 Å². The van der Waals surface area contributed by atoms with Gasteiger partial charge in [0.1, 0.15) is 0 Å². The number of hydrogen-bond acceptors (Lipinski definition) is 1. The molecule has 0 radical (unpaired) electrons. The largest absolute Gasteiger partial charge is 0.310 e. The predicted molar refractivity (Wildman–Crippen MR) is 321 cm³/mol. The molecule has 0 heterocycles. The van der Waals surface area contributed by atoms with Crippen molar-refractivity contribution in [2.24, 2.45) is 0 Å². The van der Waals surface area contributed by atoms with Crippen molar-refractivity contribution in [2.75, 3.05) is 4.90 Å². The summed E-state index contributed by atoms with van der Waals surface area (Å²) < 4.78 is 0. The standard InChI is InChI=1S/C75H55N/c1-74(2)69-33-15-12-28-63(69)67-32-19-31-66(73(67)74)60-26-11-10-25-59(60)53-40-45-58(46-41-53)76(72-35-17-14-29-65(72)61-30-18-22-52-36-37-54(48-68(52)61)50-20-6-4-7-21-50)57-43-38-51(39-44-57)55-42-47-64-62-27-13-16-34-70(62)75(3,71(64)49-55)56-23-8-5-9-24-56/h4-49H,1-3H3. The molecule has 1 heteroatoms. The maximum Gasteiger partial charge on any atom is 0.0540 e. The highest BCUT2D eigenvalue weighted by Gasteiger charge is 2.41. The van der Waals surface area contributed by atoms with E-state index in [4.69, 9.17) is 0 Å². The van der Waals surface area contributed by atoms with Crippen LogP contribution >= 0.6 is 0 Å². The molecular weight excluding hydrogens is 915 g/mol. The highest BCUT2D eigenvalue weighted by Crippen LogP contribution is 2.55. The Labute approximate surface area is 446 Å². The summed E-state index contributed by atoms with van der Waals surface area (Å²) >= 11 is 0. The Balaban J connectivity index is 0.895. The molecular formula is C75H55N. The average Bonchev–Trinajstić information content (AvgIpc) is 3.94. The van der Waals surface area contributed by atoms with E-state index in [0.717, 1.165) is 22.6 Å². The molecule has 2 aliphatic carbocycles. The summed E-state index contributed by atoms with van der Waals surface area (Å²) in [5, 5.41) is 2.43. The van der Waals surface area contributed by atoms with Gasteiger partial charge in [-0.2, -0.15) is 0 Å². The fourth-order valence-electron chi connectivity index (χ4n) is 13.0. The smallest absolute Gasteiger partial charge is 0.0540 e. The van der Waals surface area contributed by atoms with E-state index in [2.05, 4.69) is 305 Å². The van der Waals surface area contributed by atoms with Gasteiger partial charge in [-0.05, 0) is 160 Å². The summed E-state index contributed by atoms with van der Waals surface area (Å²) in [6.07, 6.45) is 0. The zero-order valence-electron chi connectivity index (χ0n) is 43.0. The summed E-state index contributed by atoms with van der Waals surface area (Å²) in [6, 6.07) is 103. The van der Waals surface area contributed by atoms with Crippen molar-refractivity contribution in [3.8, 4) is 77.9 Å². The van der Waals surface area contributed by atoms with Crippen LogP contribution in [0.15, 0.2) is 279 Å². The molecule has 0 spiro atoms. The minimum absolute atomic E-state index is 0.134. The van der Waals surface area contributed by atoms with E-state index in [1.807, 2.05) is 0 Å². The SMILES string of the molecule is CC1(C)c2ccccc2-c2cccc(-c3ccccc3-c3ccc(N(c4ccc(-c5ccc6c(c5)C(C)(c5ccccc5)c5ccccc5-6)cc4)c4ccccc4-c4cccc5ccc(-c6ccccc6)cc45)cc3)c21. The Hall–Kier alpha value is -9.30. The summed E-state index contributed by atoms with van der Waals surface area (Å²) in [4.78, 5) is 2.45. The van der Waals surface area contributed by atoms with Crippen molar-refractivity contribution < 1.29 is 0 Å². The second kappa shape index (κ2) is 18.0. The first kappa shape index (κ1) is 45.3. The molecule has 0 saturated carbocycles. The van der Waals surface area contributed by atoms with Crippen molar-refractivity contribution >= 4 is 27.8 Å². The van der Waals surface area contributed by atoms with Crippen molar-refractivity contribution in [3.63, 3.8) is 0 Å². The van der Waals surface area contributed by atoms with Crippen molar-refractivity contribution in [1.82, 2.24) is 0 Å². The molecule has 0 bridgehead atoms. The normalized spacial score (nSPS) is 14.7. The van der Waals surface area contributed by atoms with Gasteiger partial charge in [-0.3, -0.25) is 0 Å². The monoisotopic (exact) mass is 969 g/mol. The summed E-state index contributed by atoms with van der Waals surface area (Å²) in [7, 11) is 0. The highest BCUT2D eigenvalue weighted by atomic mass is 15.1. The predicted octanol–water partition coefficient (Wildman–Crippen LogP) is 20.3. The molecule has 0 saturated heterocycles. The number of hydrogen-bond donors (Lipinski definition) is 0. The van der Waals surface area contributed by atoms with Gasteiger partial charge in [-0.15, -0.1) is 0 Å². The second-order valence-electron chi connectivity index (χ2n) is 21.3. The molecule has 0 fully saturated rings. The van der Waals surface area contributed by atoms with Gasteiger partial charge in [0.05, 0.1) is 5.69 Å². The van der Waals surface area contributed by atoms with Gasteiger partial charge in [0.25, 0.3) is 0 Å². The Morgan fingerprint density at radius 1 is 0.276 bits per heavy atom. The van der Waals surface area contributed by atoms with Crippen molar-refractivity contribution in [3.05, 3.63) is 307 Å². The third kappa shape index (κ3) is 7.22. The van der Waals surface area contributed by atoms with Crippen LogP contribution in [0.1, 0.15) is 48.6 Å². The Kier molecular flexibility index (Phi) is 10.7. The Morgan fingerprint density at radius 3 is 1.47 bits per heavy atom. The third-order valence-corrected chi connectivity index (χ3v) is 16.8. The Bertz CT molecular complexity index is 4190. The molecule has 0 amide bonds. The average molecular weight is 970 g/mol. The van der Waals surface area contributed by atoms with Crippen LogP contribution in [-0.4, -0.2) is 0 Å². The lowest BCUT2D eigenvalue weighted by Crippen LogP contribution is -2.22. The zero-order chi connectivity index (χ0) is 51.0. The molecule has 1 atom stereocenters. The van der Waals surface area contributed by atoms with Gasteiger partial charge in [-0.1, -0.05) is 250 Å². The highest BCUT2D eigenvalue weighted by molar-refractivity contribution is 6.03. The van der Waals surface area contributed by atoms with E-state index in [0.29, 0.717) is 0 Å². The minimum Gasteiger partial charge on any atom is -0.310 e. The van der Waals surface area contributed by atoms with E-state index >= 15 is 0 Å². The fourth-order valence-corrected chi connectivity index (χ4v) is 13.0. The van der Waals surface area contributed by atoms with Crippen LogP contribution in [0.4, 0.5) is 17.1 Å². The van der Waals surface area contributed by atoms with Crippen LogP contribution in [0.2, 0.25) is 0 Å². The van der Waals surface area contributed by atoms with Gasteiger partial charge < -0.3 is 4.90 Å². The van der Waals surface area contributed by atoms with Gasteiger partial charge in [0, 0.05) is 27.8 Å². The third-order valence-electron chi connectivity index (χ3n) is 16.8. The van der Waals surface area contributed by atoms with Crippen LogP contribution in [0, 0.1) is 0 Å². The number of para-hydroxylation sites is 1. The lowest BCUT2D eigenvalue weighted by Gasteiger charge is -2.29. The molecule has 76 heavy (non-hydrogen) atoms. The topological polar surface area (TPSA) is 3.24 Å². The van der Waals surface area contributed by atoms with Crippen LogP contribution in [0.5, 0.6) is 0 Å². The molecule has 14 rings (SSSR count). The first-order valence-electron chi connectivity index (χ1n) is 26.7. The van der Waals surface area contributed by atoms with Crippen LogP contribution in [0.3, 0.4) is 0 Å². The van der Waals surface area contributed by atoms with Gasteiger partial charge in [-0.25, -0.2) is 0 Å². The molecule has 2 aliphatic rings. The van der Waals surface area contributed by atoms with Gasteiger partial charge in [0.15, 0.2) is 0 Å². The first-order valence-corrected chi connectivity index (χ1v) is 26.7. The number of rotatable bonds is 9. The molecule has 1 nitrogen and oxygen atoms in total. The number of anilines is 3. The molecule has 1 unspecified atom stereocenters. The van der Waals surface area contributed by atoms with Crippen LogP contribution in [0.25, 0.3) is 88.7 Å². The van der Waals surface area contributed by atoms with Gasteiger partial charge in [0.2, 0.25) is 0 Å². The number of nitrogens with zero attached hydrogens (tertiary/aromatic N) is 1. The number of fused-ring (bicyclic) bond motifs is 7. The number of benzene rings is 12. The zero-order valence-corrected chi connectivity index (χ0v) is 43.0. The van der Waals surface area contributed by atoms with Crippen molar-refractivity contribution in [2.45, 2.75) is 31.6 Å². The lowest BCUT2D eigenvalue weighted by molar-refractivity contribution is 0.662. The molecule has 0 aliphatic heterocycles. The maximum absolute atomic E-state index is 2.45. The summed E-state index contributed by atoms with van der Waals surface area (Å²) in [5.41, 5.74) is 27.0. The van der Waals surface area contributed by atoms with E-state index in [1.54, 1.807) is 0 Å². The van der Waals surface area contributed by atoms with Gasteiger partial charge >= 0.3 is 0 Å². The van der Waals surface area contributed by atoms with Crippen LogP contribution < -0.4 is 4.90 Å². The van der Waals surface area contributed by atoms with E-state index in [9.17, 15) is 0 Å².